The fourth-order valence-corrected chi connectivity index (χ4v) is 3.54. The number of carbonyl (C=O) groups is 2. The van der Waals surface area contributed by atoms with Crippen molar-refractivity contribution in [1.29, 1.82) is 0 Å². The van der Waals surface area contributed by atoms with E-state index in [4.69, 9.17) is 0 Å². The average Bonchev–Trinajstić information content (AvgIpc) is 3.19. The van der Waals surface area contributed by atoms with E-state index >= 15 is 0 Å². The monoisotopic (exact) mass is 435 g/mol. The van der Waals surface area contributed by atoms with Gasteiger partial charge in [0, 0.05) is 49.9 Å². The van der Waals surface area contributed by atoms with Crippen molar-refractivity contribution in [3.05, 3.63) is 65.2 Å². The molecule has 1 aliphatic heterocycles. The van der Waals surface area contributed by atoms with Crippen LogP contribution in [-0.2, 0) is 17.9 Å². The largest absolute Gasteiger partial charge is 0.352 e. The molecule has 170 valence electrons. The van der Waals surface area contributed by atoms with E-state index in [9.17, 15) is 9.59 Å². The van der Waals surface area contributed by atoms with Gasteiger partial charge in [-0.05, 0) is 62.6 Å². The average molecular weight is 436 g/mol. The smallest absolute Gasteiger partial charge is 0.251 e. The highest BCUT2D eigenvalue weighted by atomic mass is 16.2. The predicted octanol–water partition coefficient (Wildman–Crippen LogP) is 3.21. The summed E-state index contributed by atoms with van der Waals surface area (Å²) in [4.78, 5) is 30.4. The Morgan fingerprint density at radius 1 is 1.03 bits per heavy atom. The van der Waals surface area contributed by atoms with E-state index in [-0.39, 0.29) is 17.4 Å². The zero-order valence-electron chi connectivity index (χ0n) is 19.4. The summed E-state index contributed by atoms with van der Waals surface area (Å²) in [6.07, 6.45) is 1.56. The molecule has 0 unspecified atom stereocenters. The molecule has 0 atom stereocenters. The number of nitrogens with one attached hydrogen (secondary N) is 3. The number of hydrogen-bond acceptors (Lipinski definition) is 3. The maximum absolute atomic E-state index is 12.4. The Morgan fingerprint density at radius 3 is 2.31 bits per heavy atom. The lowest BCUT2D eigenvalue weighted by Gasteiger charge is -2.20. The lowest BCUT2D eigenvalue weighted by atomic mass is 10.1. The molecule has 1 fully saturated rings. The van der Waals surface area contributed by atoms with Crippen LogP contribution in [0.5, 0.6) is 0 Å². The van der Waals surface area contributed by atoms with Gasteiger partial charge >= 0.3 is 0 Å². The lowest BCUT2D eigenvalue weighted by molar-refractivity contribution is -0.117. The van der Waals surface area contributed by atoms with Crippen LogP contribution in [0.25, 0.3) is 0 Å². The summed E-state index contributed by atoms with van der Waals surface area (Å²) in [5.41, 5.74) is 3.41. The van der Waals surface area contributed by atoms with Gasteiger partial charge in [0.15, 0.2) is 5.96 Å². The third kappa shape index (κ3) is 6.57. The number of benzene rings is 2. The molecule has 0 radical (unpaired) electrons. The second-order valence-corrected chi connectivity index (χ2v) is 9.00. The van der Waals surface area contributed by atoms with E-state index in [2.05, 4.69) is 20.9 Å². The molecule has 0 saturated carbocycles. The predicted molar refractivity (Wildman–Crippen MR) is 129 cm³/mol. The van der Waals surface area contributed by atoms with Gasteiger partial charge in [0.05, 0.1) is 0 Å². The number of amides is 2. The molecule has 1 aliphatic rings. The van der Waals surface area contributed by atoms with Gasteiger partial charge in [-0.1, -0.05) is 24.3 Å². The Hall–Kier alpha value is -3.35. The molecule has 1 saturated heterocycles. The molecule has 1 heterocycles. The van der Waals surface area contributed by atoms with Crippen LogP contribution >= 0.6 is 0 Å². The molecule has 7 nitrogen and oxygen atoms in total. The first-order chi connectivity index (χ1) is 15.2. The van der Waals surface area contributed by atoms with E-state index < -0.39 is 0 Å². The number of anilines is 1. The third-order valence-electron chi connectivity index (χ3n) is 5.14. The fraction of sp³-hybridized carbons (Fsp3) is 0.400. The number of hydrogen-bond donors (Lipinski definition) is 3. The van der Waals surface area contributed by atoms with Gasteiger partial charge < -0.3 is 20.9 Å². The quantitative estimate of drug-likeness (QED) is 0.480. The van der Waals surface area contributed by atoms with Crippen LogP contribution < -0.4 is 20.9 Å². The summed E-state index contributed by atoms with van der Waals surface area (Å²) in [6, 6.07) is 15.6. The maximum atomic E-state index is 12.4. The van der Waals surface area contributed by atoms with E-state index in [1.807, 2.05) is 74.2 Å². The number of rotatable bonds is 6. The highest BCUT2D eigenvalue weighted by molar-refractivity contribution is 5.95. The summed E-state index contributed by atoms with van der Waals surface area (Å²) in [5.74, 6) is 0.787. The van der Waals surface area contributed by atoms with Gasteiger partial charge in [0.25, 0.3) is 5.91 Å². The summed E-state index contributed by atoms with van der Waals surface area (Å²) in [6.45, 7) is 7.85. The van der Waals surface area contributed by atoms with Crippen molar-refractivity contribution in [1.82, 2.24) is 16.0 Å². The summed E-state index contributed by atoms with van der Waals surface area (Å²) in [7, 11) is 1.73. The number of aliphatic imine (C=N–C) groups is 1. The topological polar surface area (TPSA) is 85.8 Å². The molecule has 2 aromatic carbocycles. The molecule has 3 N–H and O–H groups in total. The maximum Gasteiger partial charge on any atom is 0.251 e. The van der Waals surface area contributed by atoms with Crippen LogP contribution in [0, 0.1) is 0 Å². The summed E-state index contributed by atoms with van der Waals surface area (Å²) < 4.78 is 0. The minimum atomic E-state index is -0.278. The zero-order valence-corrected chi connectivity index (χ0v) is 19.4. The number of guanidine groups is 1. The van der Waals surface area contributed by atoms with Gasteiger partial charge in [-0.2, -0.15) is 0 Å². The van der Waals surface area contributed by atoms with Crippen LogP contribution in [0.2, 0.25) is 0 Å². The summed E-state index contributed by atoms with van der Waals surface area (Å²) >= 11 is 0. The first kappa shape index (κ1) is 23.3. The molecule has 3 rings (SSSR count). The lowest BCUT2D eigenvalue weighted by Crippen LogP contribution is -2.40. The standard InChI is InChI=1S/C25H33N5O2/c1-25(2,3)29-23(32)20-8-5-7-19(15-20)17-28-24(26-4)27-16-18-10-12-21(13-11-18)30-14-6-9-22(30)31/h5,7-8,10-13,15H,6,9,14,16-17H2,1-4H3,(H,29,32)(H2,26,27,28). The van der Waals surface area contributed by atoms with Crippen molar-refractivity contribution in [2.24, 2.45) is 4.99 Å². The van der Waals surface area contributed by atoms with Gasteiger partial charge in [0.2, 0.25) is 5.91 Å². The molecule has 0 spiro atoms. The highest BCUT2D eigenvalue weighted by Crippen LogP contribution is 2.21. The molecular weight excluding hydrogens is 402 g/mol. The summed E-state index contributed by atoms with van der Waals surface area (Å²) in [5, 5.41) is 9.57. The van der Waals surface area contributed by atoms with Crippen LogP contribution in [0.1, 0.15) is 55.1 Å². The Labute approximate surface area is 190 Å². The van der Waals surface area contributed by atoms with Crippen molar-refractivity contribution >= 4 is 23.5 Å². The Kier molecular flexibility index (Phi) is 7.51. The van der Waals surface area contributed by atoms with Crippen molar-refractivity contribution in [3.63, 3.8) is 0 Å². The minimum Gasteiger partial charge on any atom is -0.352 e. The van der Waals surface area contributed by atoms with Crippen LogP contribution in [0.15, 0.2) is 53.5 Å². The molecule has 32 heavy (non-hydrogen) atoms. The normalized spacial score (nSPS) is 14.4. The minimum absolute atomic E-state index is 0.0825. The van der Waals surface area contributed by atoms with Gasteiger partial charge in [-0.3, -0.25) is 14.6 Å². The van der Waals surface area contributed by atoms with Gasteiger partial charge in [0.1, 0.15) is 0 Å². The first-order valence-corrected chi connectivity index (χ1v) is 11.0. The molecule has 0 bridgehead atoms. The van der Waals surface area contributed by atoms with Crippen molar-refractivity contribution < 1.29 is 9.59 Å². The second-order valence-electron chi connectivity index (χ2n) is 9.00. The molecule has 7 heteroatoms. The van der Waals surface area contributed by atoms with Crippen molar-refractivity contribution in [3.8, 4) is 0 Å². The Morgan fingerprint density at radius 2 is 1.72 bits per heavy atom. The second kappa shape index (κ2) is 10.3. The third-order valence-corrected chi connectivity index (χ3v) is 5.14. The SMILES string of the molecule is CN=C(NCc1ccc(N2CCCC2=O)cc1)NCc1cccc(C(=O)NC(C)(C)C)c1. The molecular formula is C25H33N5O2. The van der Waals surface area contributed by atoms with E-state index in [0.717, 1.165) is 29.8 Å². The van der Waals surface area contributed by atoms with Gasteiger partial charge in [-0.15, -0.1) is 0 Å². The Balaban J connectivity index is 1.51. The fourth-order valence-electron chi connectivity index (χ4n) is 3.54. The first-order valence-electron chi connectivity index (χ1n) is 11.0. The molecule has 0 aromatic heterocycles. The molecule has 0 aliphatic carbocycles. The van der Waals surface area contributed by atoms with Crippen LogP contribution in [-0.4, -0.2) is 36.9 Å². The van der Waals surface area contributed by atoms with Gasteiger partial charge in [-0.25, -0.2) is 0 Å². The van der Waals surface area contributed by atoms with Crippen molar-refractivity contribution in [2.45, 2.75) is 52.2 Å². The van der Waals surface area contributed by atoms with Crippen LogP contribution in [0.4, 0.5) is 5.69 Å². The van der Waals surface area contributed by atoms with E-state index in [0.29, 0.717) is 31.0 Å². The molecule has 2 amide bonds. The van der Waals surface area contributed by atoms with Crippen molar-refractivity contribution in [2.75, 3.05) is 18.5 Å². The zero-order chi connectivity index (χ0) is 23.1. The van der Waals surface area contributed by atoms with E-state index in [1.54, 1.807) is 7.05 Å². The molecule has 2 aromatic rings. The Bertz CT molecular complexity index is 977. The number of carbonyl (C=O) groups excluding carboxylic acids is 2. The number of nitrogens with zero attached hydrogens (tertiary/aromatic N) is 2. The van der Waals surface area contributed by atoms with Crippen LogP contribution in [0.3, 0.4) is 0 Å². The van der Waals surface area contributed by atoms with E-state index in [1.165, 1.54) is 0 Å². The highest BCUT2D eigenvalue weighted by Gasteiger charge is 2.21.